The fraction of sp³-hybridized carbons (Fsp3) is 0.562. The monoisotopic (exact) mass is 315 g/mol. The van der Waals surface area contributed by atoms with Crippen molar-refractivity contribution in [2.75, 3.05) is 6.54 Å². The summed E-state index contributed by atoms with van der Waals surface area (Å²) >= 11 is 5.56. The summed E-state index contributed by atoms with van der Waals surface area (Å²) in [6.07, 6.45) is -2.34. The highest BCUT2D eigenvalue weighted by molar-refractivity contribution is 7.80. The van der Waals surface area contributed by atoms with E-state index in [1.165, 1.54) is 0 Å². The maximum atomic E-state index is 12.6. The van der Waals surface area contributed by atoms with E-state index in [-0.39, 0.29) is 11.5 Å². The number of nitrogens with zero attached hydrogens (tertiary/aromatic N) is 1. The van der Waals surface area contributed by atoms with Crippen LogP contribution < -0.4 is 0 Å². The van der Waals surface area contributed by atoms with Crippen molar-refractivity contribution < 1.29 is 13.2 Å². The van der Waals surface area contributed by atoms with Crippen molar-refractivity contribution in [1.82, 2.24) is 4.90 Å². The summed E-state index contributed by atoms with van der Waals surface area (Å²) in [6, 6.07) is 5.57. The summed E-state index contributed by atoms with van der Waals surface area (Å²) in [4.78, 5) is 3.04. The van der Waals surface area contributed by atoms with Gasteiger partial charge in [0.25, 0.3) is 0 Å². The van der Waals surface area contributed by atoms with Crippen molar-refractivity contribution in [2.45, 2.75) is 45.8 Å². The lowest BCUT2D eigenvalue weighted by Crippen LogP contribution is -2.37. The van der Waals surface area contributed by atoms with Crippen LogP contribution in [0.25, 0.3) is 0 Å². The van der Waals surface area contributed by atoms with Gasteiger partial charge in [0.05, 0.1) is 16.6 Å². The van der Waals surface area contributed by atoms with Crippen molar-refractivity contribution >= 4 is 17.2 Å². The predicted octanol–water partition coefficient (Wildman–Crippen LogP) is 5.22. The van der Waals surface area contributed by atoms with Crippen LogP contribution in [0.2, 0.25) is 0 Å². The molecule has 1 aromatic rings. The average Bonchev–Trinajstić information content (AvgIpc) is 2.84. The second-order valence-corrected chi connectivity index (χ2v) is 6.91. The van der Waals surface area contributed by atoms with Crippen molar-refractivity contribution in [2.24, 2.45) is 5.41 Å². The fourth-order valence-electron chi connectivity index (χ4n) is 2.68. The Labute approximate surface area is 129 Å². The van der Waals surface area contributed by atoms with Gasteiger partial charge in [0.2, 0.25) is 0 Å². The molecule has 0 aromatic heterocycles. The molecule has 0 saturated carbocycles. The summed E-state index contributed by atoms with van der Waals surface area (Å²) in [5.74, 6) is 0. The summed E-state index contributed by atoms with van der Waals surface area (Å²) < 4.78 is 37.9. The van der Waals surface area contributed by atoms with E-state index in [1.807, 2.05) is 0 Å². The van der Waals surface area contributed by atoms with E-state index in [2.05, 4.69) is 25.7 Å². The second-order valence-electron chi connectivity index (χ2n) is 6.53. The number of likely N-dealkylation sites (tertiary alicyclic amines) is 1. The summed E-state index contributed by atoms with van der Waals surface area (Å²) in [6.45, 7) is 7.08. The van der Waals surface area contributed by atoms with Crippen LogP contribution in [0.5, 0.6) is 0 Å². The van der Waals surface area contributed by atoms with Gasteiger partial charge in [-0.2, -0.15) is 13.2 Å². The van der Waals surface area contributed by atoms with Crippen molar-refractivity contribution in [1.29, 1.82) is 0 Å². The Bertz CT molecular complexity index is 514. The van der Waals surface area contributed by atoms with Gasteiger partial charge in [-0.15, -0.1) is 0 Å². The van der Waals surface area contributed by atoms with Crippen LogP contribution in [-0.2, 0) is 6.18 Å². The molecule has 116 valence electrons. The number of thiocarbonyl (C=S) groups is 1. The second kappa shape index (κ2) is 5.59. The molecule has 5 heteroatoms. The zero-order valence-corrected chi connectivity index (χ0v) is 13.3. The van der Waals surface area contributed by atoms with E-state index in [1.54, 1.807) is 12.1 Å². The van der Waals surface area contributed by atoms with Crippen LogP contribution in [0.4, 0.5) is 13.2 Å². The molecule has 0 radical (unpaired) electrons. The quantitative estimate of drug-likeness (QED) is 0.654. The Morgan fingerprint density at radius 3 is 2.19 bits per heavy atom. The fourth-order valence-corrected chi connectivity index (χ4v) is 2.90. The minimum Gasteiger partial charge on any atom is -0.359 e. The van der Waals surface area contributed by atoms with Crippen molar-refractivity contribution in [3.05, 3.63) is 35.4 Å². The standard InChI is InChI=1S/C16H20F3NS/c1-15(2,3)14(21)20-10-4-5-13(20)11-6-8-12(9-7-11)16(17,18)19/h6-9,13H,4-5,10H2,1-3H3. The van der Waals surface area contributed by atoms with Gasteiger partial charge in [0.15, 0.2) is 0 Å². The molecule has 1 nitrogen and oxygen atoms in total. The van der Waals surface area contributed by atoms with Gasteiger partial charge in [-0.1, -0.05) is 45.1 Å². The van der Waals surface area contributed by atoms with Crippen LogP contribution in [0.15, 0.2) is 24.3 Å². The molecular formula is C16H20F3NS. The number of hydrogen-bond acceptors (Lipinski definition) is 1. The minimum absolute atomic E-state index is 0.0963. The Kier molecular flexibility index (Phi) is 4.34. The first kappa shape index (κ1) is 16.3. The van der Waals surface area contributed by atoms with Crippen molar-refractivity contribution in [3.63, 3.8) is 0 Å². The molecule has 0 N–H and O–H groups in total. The SMILES string of the molecule is CC(C)(C)C(=S)N1CCCC1c1ccc(C(F)(F)F)cc1. The molecule has 1 aliphatic heterocycles. The highest BCUT2D eigenvalue weighted by Gasteiger charge is 2.34. The van der Waals surface area contributed by atoms with E-state index in [0.29, 0.717) is 0 Å². The first-order valence-electron chi connectivity index (χ1n) is 7.09. The molecule has 1 unspecified atom stereocenters. The van der Waals surface area contributed by atoms with Crippen LogP contribution in [-0.4, -0.2) is 16.4 Å². The van der Waals surface area contributed by atoms with Gasteiger partial charge >= 0.3 is 6.18 Å². The lowest BCUT2D eigenvalue weighted by molar-refractivity contribution is -0.137. The van der Waals surface area contributed by atoms with Gasteiger partial charge in [-0.05, 0) is 30.5 Å². The van der Waals surface area contributed by atoms with Gasteiger partial charge in [0.1, 0.15) is 0 Å². The summed E-state index contributed by atoms with van der Waals surface area (Å²) in [5.41, 5.74) is 0.199. The van der Waals surface area contributed by atoms with Gasteiger partial charge in [-0.3, -0.25) is 0 Å². The van der Waals surface area contributed by atoms with Crippen LogP contribution in [0.1, 0.15) is 50.8 Å². The first-order chi connectivity index (χ1) is 9.60. The molecule has 0 bridgehead atoms. The zero-order valence-electron chi connectivity index (χ0n) is 12.5. The van der Waals surface area contributed by atoms with Gasteiger partial charge in [0, 0.05) is 12.0 Å². The number of benzene rings is 1. The Morgan fingerprint density at radius 2 is 1.71 bits per heavy atom. The highest BCUT2D eigenvalue weighted by Crippen LogP contribution is 2.37. The molecule has 0 amide bonds. The number of hydrogen-bond donors (Lipinski definition) is 0. The Hall–Kier alpha value is -1.10. The number of alkyl halides is 3. The molecule has 0 aliphatic carbocycles. The third-order valence-corrected chi connectivity index (χ3v) is 4.62. The van der Waals surface area contributed by atoms with Crippen molar-refractivity contribution in [3.8, 4) is 0 Å². The first-order valence-corrected chi connectivity index (χ1v) is 7.50. The lowest BCUT2D eigenvalue weighted by atomic mass is 9.94. The molecule has 21 heavy (non-hydrogen) atoms. The van der Waals surface area contributed by atoms with E-state index >= 15 is 0 Å². The molecule has 1 aliphatic rings. The molecule has 1 heterocycles. The lowest BCUT2D eigenvalue weighted by Gasteiger charge is -2.34. The van der Waals surface area contributed by atoms with Gasteiger partial charge < -0.3 is 4.90 Å². The molecule has 0 spiro atoms. The zero-order chi connectivity index (χ0) is 15.8. The molecule has 2 rings (SSSR count). The highest BCUT2D eigenvalue weighted by atomic mass is 32.1. The normalized spacial score (nSPS) is 19.9. The topological polar surface area (TPSA) is 3.24 Å². The van der Waals surface area contributed by atoms with Crippen LogP contribution in [0, 0.1) is 5.41 Å². The maximum absolute atomic E-state index is 12.6. The Balaban J connectivity index is 2.23. The maximum Gasteiger partial charge on any atom is 0.416 e. The van der Waals surface area contributed by atoms with E-state index < -0.39 is 11.7 Å². The Morgan fingerprint density at radius 1 is 1.14 bits per heavy atom. The molecule has 1 fully saturated rings. The molecular weight excluding hydrogens is 295 g/mol. The van der Waals surface area contributed by atoms with E-state index in [9.17, 15) is 13.2 Å². The van der Waals surface area contributed by atoms with Crippen LogP contribution >= 0.6 is 12.2 Å². The molecule has 1 saturated heterocycles. The largest absolute Gasteiger partial charge is 0.416 e. The molecule has 1 aromatic carbocycles. The third kappa shape index (κ3) is 3.57. The number of halogens is 3. The third-order valence-electron chi connectivity index (χ3n) is 3.78. The molecule has 1 atom stereocenters. The number of rotatable bonds is 1. The van der Waals surface area contributed by atoms with Gasteiger partial charge in [-0.25, -0.2) is 0 Å². The minimum atomic E-state index is -4.28. The smallest absolute Gasteiger partial charge is 0.359 e. The summed E-state index contributed by atoms with van der Waals surface area (Å²) in [5, 5.41) is 0. The summed E-state index contributed by atoms with van der Waals surface area (Å²) in [7, 11) is 0. The predicted molar refractivity (Wildman–Crippen MR) is 82.2 cm³/mol. The van der Waals surface area contributed by atoms with E-state index in [0.717, 1.165) is 42.1 Å². The van der Waals surface area contributed by atoms with Crippen LogP contribution in [0.3, 0.4) is 0 Å². The van der Waals surface area contributed by atoms with E-state index in [4.69, 9.17) is 12.2 Å². The average molecular weight is 315 g/mol.